The molecule has 0 aliphatic rings. The number of anilines is 1. The van der Waals surface area contributed by atoms with E-state index in [0.29, 0.717) is 17.1 Å². The number of halogens is 1. The minimum absolute atomic E-state index is 0.102. The number of benzene rings is 2. The van der Waals surface area contributed by atoms with E-state index in [2.05, 4.69) is 10.5 Å². The molecular weight excluding hydrogens is 274 g/mol. The summed E-state index contributed by atoms with van der Waals surface area (Å²) in [5.41, 5.74) is 9.40. The molecule has 4 nitrogen and oxygen atoms in total. The molecule has 0 saturated heterocycles. The van der Waals surface area contributed by atoms with E-state index in [1.165, 1.54) is 0 Å². The smallest absolute Gasteiger partial charge is 0.170 e. The largest absolute Gasteiger partial charge is 0.409 e. The zero-order valence-electron chi connectivity index (χ0n) is 11.1. The lowest BCUT2D eigenvalue weighted by Gasteiger charge is -2.12. The molecule has 0 amide bonds. The van der Waals surface area contributed by atoms with Crippen LogP contribution in [0.5, 0.6) is 0 Å². The highest BCUT2D eigenvalue weighted by molar-refractivity contribution is 6.30. The number of rotatable bonds is 4. The Morgan fingerprint density at radius 2 is 2.05 bits per heavy atom. The van der Waals surface area contributed by atoms with Gasteiger partial charge < -0.3 is 16.3 Å². The summed E-state index contributed by atoms with van der Waals surface area (Å²) in [5.74, 6) is 0.102. The van der Waals surface area contributed by atoms with Gasteiger partial charge in [0.05, 0.1) is 0 Å². The molecule has 104 valence electrons. The van der Waals surface area contributed by atoms with E-state index in [4.69, 9.17) is 22.5 Å². The van der Waals surface area contributed by atoms with Crippen LogP contribution in [0.25, 0.3) is 0 Å². The van der Waals surface area contributed by atoms with Crippen LogP contribution < -0.4 is 11.1 Å². The van der Waals surface area contributed by atoms with Gasteiger partial charge in [0.2, 0.25) is 0 Å². The minimum Gasteiger partial charge on any atom is -0.409 e. The molecule has 0 spiro atoms. The molecule has 20 heavy (non-hydrogen) atoms. The standard InChI is InChI=1S/C15H16ClN3O/c1-10-6-7-12(16)8-14(10)18-9-11-4-2-3-5-13(11)15(17)19-20/h2-8,18,20H,9H2,1H3,(H2,17,19). The van der Waals surface area contributed by atoms with E-state index in [1.54, 1.807) is 0 Å². The van der Waals surface area contributed by atoms with Gasteiger partial charge in [-0.05, 0) is 30.2 Å². The van der Waals surface area contributed by atoms with Crippen molar-refractivity contribution in [3.05, 3.63) is 64.2 Å². The topological polar surface area (TPSA) is 70.6 Å². The number of hydrogen-bond donors (Lipinski definition) is 3. The van der Waals surface area contributed by atoms with Gasteiger partial charge >= 0.3 is 0 Å². The van der Waals surface area contributed by atoms with E-state index >= 15 is 0 Å². The average molecular weight is 290 g/mol. The van der Waals surface area contributed by atoms with Gasteiger partial charge in [0.1, 0.15) is 0 Å². The first-order valence-corrected chi connectivity index (χ1v) is 6.55. The van der Waals surface area contributed by atoms with Crippen LogP contribution in [-0.4, -0.2) is 11.0 Å². The number of amidine groups is 1. The quantitative estimate of drug-likeness (QED) is 0.350. The van der Waals surface area contributed by atoms with Crippen LogP contribution in [0.15, 0.2) is 47.6 Å². The first-order valence-electron chi connectivity index (χ1n) is 6.17. The van der Waals surface area contributed by atoms with Crippen LogP contribution in [-0.2, 0) is 6.54 Å². The van der Waals surface area contributed by atoms with Crippen LogP contribution in [0.2, 0.25) is 5.02 Å². The monoisotopic (exact) mass is 289 g/mol. The first kappa shape index (κ1) is 14.2. The van der Waals surface area contributed by atoms with Crippen molar-refractivity contribution in [2.75, 3.05) is 5.32 Å². The van der Waals surface area contributed by atoms with Gasteiger partial charge in [0.25, 0.3) is 0 Å². The lowest BCUT2D eigenvalue weighted by Crippen LogP contribution is -2.16. The van der Waals surface area contributed by atoms with E-state index < -0.39 is 0 Å². The van der Waals surface area contributed by atoms with Gasteiger partial charge in [-0.25, -0.2) is 0 Å². The summed E-state index contributed by atoms with van der Waals surface area (Å²) in [7, 11) is 0. The van der Waals surface area contributed by atoms with Crippen molar-refractivity contribution in [3.8, 4) is 0 Å². The van der Waals surface area contributed by atoms with Crippen LogP contribution in [0.3, 0.4) is 0 Å². The molecule has 0 saturated carbocycles. The minimum atomic E-state index is 0.102. The molecule has 0 aliphatic carbocycles. The van der Waals surface area contributed by atoms with Crippen molar-refractivity contribution in [2.24, 2.45) is 10.9 Å². The summed E-state index contributed by atoms with van der Waals surface area (Å²) in [6.45, 7) is 2.57. The van der Waals surface area contributed by atoms with E-state index in [1.807, 2.05) is 49.4 Å². The average Bonchev–Trinajstić information content (AvgIpc) is 2.47. The number of aryl methyl sites for hydroxylation is 1. The zero-order valence-corrected chi connectivity index (χ0v) is 11.9. The second-order valence-corrected chi connectivity index (χ2v) is 4.89. The van der Waals surface area contributed by atoms with Gasteiger partial charge in [-0.2, -0.15) is 0 Å². The SMILES string of the molecule is Cc1ccc(Cl)cc1NCc1ccccc1C(N)=NO. The van der Waals surface area contributed by atoms with Gasteiger partial charge in [-0.1, -0.05) is 47.1 Å². The third-order valence-corrected chi connectivity index (χ3v) is 3.31. The Morgan fingerprint density at radius 3 is 2.80 bits per heavy atom. The van der Waals surface area contributed by atoms with Crippen LogP contribution in [0.1, 0.15) is 16.7 Å². The number of nitrogens with one attached hydrogen (secondary N) is 1. The molecule has 2 rings (SSSR count). The van der Waals surface area contributed by atoms with E-state index in [9.17, 15) is 0 Å². The third kappa shape index (κ3) is 3.22. The Kier molecular flexibility index (Phi) is 4.48. The summed E-state index contributed by atoms with van der Waals surface area (Å²) in [5, 5.41) is 15.9. The summed E-state index contributed by atoms with van der Waals surface area (Å²) in [4.78, 5) is 0. The van der Waals surface area contributed by atoms with E-state index in [0.717, 1.165) is 16.8 Å². The molecule has 5 heteroatoms. The van der Waals surface area contributed by atoms with Gasteiger partial charge in [0, 0.05) is 22.8 Å². The molecule has 4 N–H and O–H groups in total. The molecule has 0 unspecified atom stereocenters. The second-order valence-electron chi connectivity index (χ2n) is 4.46. The van der Waals surface area contributed by atoms with Crippen LogP contribution in [0, 0.1) is 6.92 Å². The Bertz CT molecular complexity index is 641. The second kappa shape index (κ2) is 6.30. The van der Waals surface area contributed by atoms with Crippen molar-refractivity contribution in [1.82, 2.24) is 0 Å². The van der Waals surface area contributed by atoms with Gasteiger partial charge in [0.15, 0.2) is 5.84 Å². The Labute approximate surface area is 122 Å². The highest BCUT2D eigenvalue weighted by Crippen LogP contribution is 2.21. The van der Waals surface area contributed by atoms with Crippen LogP contribution in [0.4, 0.5) is 5.69 Å². The van der Waals surface area contributed by atoms with Crippen molar-refractivity contribution < 1.29 is 5.21 Å². The molecule has 2 aromatic carbocycles. The Hall–Kier alpha value is -2.20. The molecule has 0 heterocycles. The summed E-state index contributed by atoms with van der Waals surface area (Å²) < 4.78 is 0. The first-order chi connectivity index (χ1) is 9.61. The van der Waals surface area contributed by atoms with Crippen molar-refractivity contribution in [3.63, 3.8) is 0 Å². The Balaban J connectivity index is 2.21. The molecule has 0 aromatic heterocycles. The molecule has 0 radical (unpaired) electrons. The fraction of sp³-hybridized carbons (Fsp3) is 0.133. The molecule has 0 atom stereocenters. The predicted molar refractivity (Wildman–Crippen MR) is 82.5 cm³/mol. The highest BCUT2D eigenvalue weighted by atomic mass is 35.5. The van der Waals surface area contributed by atoms with Crippen LogP contribution >= 0.6 is 11.6 Å². The number of oxime groups is 1. The number of nitrogens with two attached hydrogens (primary N) is 1. The summed E-state index contributed by atoms with van der Waals surface area (Å²) >= 11 is 5.99. The molecule has 0 bridgehead atoms. The maximum absolute atomic E-state index is 8.80. The number of nitrogens with zero attached hydrogens (tertiary/aromatic N) is 1. The summed E-state index contributed by atoms with van der Waals surface area (Å²) in [6, 6.07) is 13.2. The van der Waals surface area contributed by atoms with Crippen molar-refractivity contribution >= 4 is 23.1 Å². The third-order valence-electron chi connectivity index (χ3n) is 3.07. The fourth-order valence-electron chi connectivity index (χ4n) is 1.95. The lowest BCUT2D eigenvalue weighted by molar-refractivity contribution is 0.318. The van der Waals surface area contributed by atoms with Crippen molar-refractivity contribution in [2.45, 2.75) is 13.5 Å². The highest BCUT2D eigenvalue weighted by Gasteiger charge is 2.07. The van der Waals surface area contributed by atoms with E-state index in [-0.39, 0.29) is 5.84 Å². The van der Waals surface area contributed by atoms with Gasteiger partial charge in [-0.3, -0.25) is 0 Å². The molecule has 0 aliphatic heterocycles. The normalized spacial score (nSPS) is 11.4. The predicted octanol–water partition coefficient (Wildman–Crippen LogP) is 3.36. The fourth-order valence-corrected chi connectivity index (χ4v) is 2.13. The molecule has 0 fully saturated rings. The zero-order chi connectivity index (χ0) is 14.5. The maximum Gasteiger partial charge on any atom is 0.170 e. The molecule has 2 aromatic rings. The lowest BCUT2D eigenvalue weighted by atomic mass is 10.1. The number of hydrogen-bond acceptors (Lipinski definition) is 3. The summed E-state index contributed by atoms with van der Waals surface area (Å²) in [6.07, 6.45) is 0. The Morgan fingerprint density at radius 1 is 1.30 bits per heavy atom. The van der Waals surface area contributed by atoms with Crippen molar-refractivity contribution in [1.29, 1.82) is 0 Å². The maximum atomic E-state index is 8.80. The van der Waals surface area contributed by atoms with Gasteiger partial charge in [-0.15, -0.1) is 0 Å². The molecular formula is C15H16ClN3O.